The molecular formula is C26H30N2O5S. The molecule has 7 nitrogen and oxygen atoms in total. The Morgan fingerprint density at radius 3 is 2.18 bits per heavy atom. The number of carboxylic acid groups (broad SMARTS) is 1. The number of rotatable bonds is 11. The van der Waals surface area contributed by atoms with E-state index in [4.69, 9.17) is 4.74 Å². The first-order chi connectivity index (χ1) is 16.5. The first-order valence-electron chi connectivity index (χ1n) is 11.6. The molecule has 2 aliphatic carbocycles. The maximum atomic E-state index is 12.8. The minimum atomic E-state index is -1.05. The molecular weight excluding hydrogens is 452 g/mol. The van der Waals surface area contributed by atoms with Crippen LogP contribution in [0.2, 0.25) is 0 Å². The summed E-state index contributed by atoms with van der Waals surface area (Å²) in [6, 6.07) is 14.4. The van der Waals surface area contributed by atoms with Crippen LogP contribution in [0.15, 0.2) is 48.5 Å². The van der Waals surface area contributed by atoms with Gasteiger partial charge in [0.2, 0.25) is 5.91 Å². The summed E-state index contributed by atoms with van der Waals surface area (Å²) in [6.45, 7) is 0.149. The van der Waals surface area contributed by atoms with E-state index in [1.807, 2.05) is 42.7 Å². The molecule has 0 saturated heterocycles. The third-order valence-electron chi connectivity index (χ3n) is 6.44. The summed E-state index contributed by atoms with van der Waals surface area (Å²) < 4.78 is 5.57. The predicted octanol–water partition coefficient (Wildman–Crippen LogP) is 4.02. The first kappa shape index (κ1) is 24.1. The minimum absolute atomic E-state index is 0.0773. The molecule has 0 aliphatic heterocycles. The van der Waals surface area contributed by atoms with E-state index in [1.165, 1.54) is 0 Å². The topological polar surface area (TPSA) is 105 Å². The molecule has 2 atom stereocenters. The third-order valence-corrected chi connectivity index (χ3v) is 7.09. The third kappa shape index (κ3) is 5.73. The highest BCUT2D eigenvalue weighted by Crippen LogP contribution is 2.44. The van der Waals surface area contributed by atoms with Crippen LogP contribution in [0.3, 0.4) is 0 Å². The fourth-order valence-corrected chi connectivity index (χ4v) is 4.94. The lowest BCUT2D eigenvalue weighted by atomic mass is 9.98. The maximum Gasteiger partial charge on any atom is 0.407 e. The predicted molar refractivity (Wildman–Crippen MR) is 132 cm³/mol. The number of nitrogens with one attached hydrogen (secondary N) is 2. The Morgan fingerprint density at radius 2 is 1.62 bits per heavy atom. The number of fused-ring (bicyclic) bond motifs is 3. The van der Waals surface area contributed by atoms with E-state index < -0.39 is 30.1 Å². The number of ether oxygens (including phenoxy) is 1. The quantitative estimate of drug-likeness (QED) is 0.447. The van der Waals surface area contributed by atoms with Crippen LogP contribution in [0.25, 0.3) is 11.1 Å². The van der Waals surface area contributed by atoms with Gasteiger partial charge in [-0.05, 0) is 53.0 Å². The van der Waals surface area contributed by atoms with Crippen molar-refractivity contribution in [1.82, 2.24) is 10.6 Å². The van der Waals surface area contributed by atoms with Crippen molar-refractivity contribution in [3.8, 4) is 11.1 Å². The van der Waals surface area contributed by atoms with Gasteiger partial charge < -0.3 is 20.5 Å². The number of carbonyl (C=O) groups is 3. The van der Waals surface area contributed by atoms with Crippen LogP contribution >= 0.6 is 11.8 Å². The SMILES string of the molecule is CSCC[C@H](NC(=O)OCC1c2ccccc2-c2ccccc21)C(=O)N[C@@H](CC1CC1)C(=O)O. The van der Waals surface area contributed by atoms with E-state index in [2.05, 4.69) is 22.8 Å². The van der Waals surface area contributed by atoms with Gasteiger partial charge in [0.25, 0.3) is 0 Å². The summed E-state index contributed by atoms with van der Waals surface area (Å²) in [6.07, 6.45) is 4.02. The Balaban J connectivity index is 1.38. The lowest BCUT2D eigenvalue weighted by Crippen LogP contribution is -2.52. The van der Waals surface area contributed by atoms with E-state index in [0.29, 0.717) is 24.5 Å². The zero-order valence-electron chi connectivity index (χ0n) is 19.2. The molecule has 180 valence electrons. The van der Waals surface area contributed by atoms with Gasteiger partial charge in [-0.15, -0.1) is 0 Å². The summed E-state index contributed by atoms with van der Waals surface area (Å²) >= 11 is 1.55. The summed E-state index contributed by atoms with van der Waals surface area (Å²) in [7, 11) is 0. The van der Waals surface area contributed by atoms with Gasteiger partial charge >= 0.3 is 12.1 Å². The average Bonchev–Trinajstić information content (AvgIpc) is 3.60. The molecule has 0 spiro atoms. The molecule has 34 heavy (non-hydrogen) atoms. The summed E-state index contributed by atoms with van der Waals surface area (Å²) in [5.41, 5.74) is 4.49. The van der Waals surface area contributed by atoms with Crippen molar-refractivity contribution in [2.24, 2.45) is 5.92 Å². The molecule has 2 aromatic rings. The lowest BCUT2D eigenvalue weighted by Gasteiger charge is -2.22. The maximum absolute atomic E-state index is 12.8. The summed E-state index contributed by atoms with van der Waals surface area (Å²) in [4.78, 5) is 37.1. The van der Waals surface area contributed by atoms with Gasteiger partial charge in [-0.1, -0.05) is 61.4 Å². The molecule has 8 heteroatoms. The number of aliphatic carboxylic acids is 1. The van der Waals surface area contributed by atoms with Crippen LogP contribution < -0.4 is 10.6 Å². The molecule has 2 amide bonds. The van der Waals surface area contributed by atoms with Crippen molar-refractivity contribution in [2.45, 2.75) is 43.7 Å². The number of carboxylic acids is 1. The van der Waals surface area contributed by atoms with Crippen LogP contribution in [-0.2, 0) is 14.3 Å². The monoisotopic (exact) mass is 482 g/mol. The van der Waals surface area contributed by atoms with Gasteiger partial charge in [0.1, 0.15) is 18.7 Å². The van der Waals surface area contributed by atoms with E-state index >= 15 is 0 Å². The van der Waals surface area contributed by atoms with Crippen molar-refractivity contribution >= 4 is 29.7 Å². The van der Waals surface area contributed by atoms with Crippen molar-refractivity contribution in [2.75, 3.05) is 18.6 Å². The average molecular weight is 483 g/mol. The number of carbonyl (C=O) groups excluding carboxylic acids is 2. The molecule has 1 fully saturated rings. The van der Waals surface area contributed by atoms with E-state index in [-0.39, 0.29) is 12.5 Å². The van der Waals surface area contributed by atoms with E-state index in [1.54, 1.807) is 11.8 Å². The first-order valence-corrected chi connectivity index (χ1v) is 13.0. The number of hydrogen-bond acceptors (Lipinski definition) is 5. The second kappa shape index (κ2) is 11.0. The van der Waals surface area contributed by atoms with Gasteiger partial charge in [0.15, 0.2) is 0 Å². The molecule has 2 aliphatic rings. The molecule has 2 aromatic carbocycles. The smallest absolute Gasteiger partial charge is 0.407 e. The number of alkyl carbamates (subject to hydrolysis) is 1. The Kier molecular flexibility index (Phi) is 7.77. The number of thioether (sulfide) groups is 1. The number of hydrogen-bond donors (Lipinski definition) is 3. The molecule has 0 radical (unpaired) electrons. The number of benzene rings is 2. The molecule has 0 bridgehead atoms. The summed E-state index contributed by atoms with van der Waals surface area (Å²) in [5, 5.41) is 14.7. The molecule has 0 heterocycles. The highest BCUT2D eigenvalue weighted by atomic mass is 32.2. The van der Waals surface area contributed by atoms with Crippen LogP contribution in [0.1, 0.15) is 42.7 Å². The molecule has 0 unspecified atom stereocenters. The lowest BCUT2D eigenvalue weighted by molar-refractivity contribution is -0.142. The standard InChI is InChI=1S/C26H30N2O5S/c1-34-13-12-22(24(29)27-23(25(30)31)14-16-10-11-16)28-26(32)33-15-21-19-8-4-2-6-17(19)18-7-3-5-9-20(18)21/h2-9,16,21-23H,10-15H2,1H3,(H,27,29)(H,28,32)(H,30,31)/t22-,23-/m0/s1. The van der Waals surface area contributed by atoms with Gasteiger partial charge in [0.05, 0.1) is 0 Å². The fraction of sp³-hybridized carbons (Fsp3) is 0.423. The van der Waals surface area contributed by atoms with Crippen LogP contribution in [-0.4, -0.2) is 53.8 Å². The van der Waals surface area contributed by atoms with Gasteiger partial charge in [-0.3, -0.25) is 4.79 Å². The van der Waals surface area contributed by atoms with Crippen LogP contribution in [0, 0.1) is 5.92 Å². The second-order valence-electron chi connectivity index (χ2n) is 8.88. The zero-order valence-corrected chi connectivity index (χ0v) is 20.0. The normalized spacial score (nSPS) is 16.1. The van der Waals surface area contributed by atoms with Gasteiger partial charge in [-0.2, -0.15) is 11.8 Å². The van der Waals surface area contributed by atoms with Crippen molar-refractivity contribution in [3.63, 3.8) is 0 Å². The fourth-order valence-electron chi connectivity index (χ4n) is 4.47. The molecule has 3 N–H and O–H groups in total. The van der Waals surface area contributed by atoms with E-state index in [9.17, 15) is 19.5 Å². The van der Waals surface area contributed by atoms with Crippen molar-refractivity contribution in [3.05, 3.63) is 59.7 Å². The van der Waals surface area contributed by atoms with E-state index in [0.717, 1.165) is 35.1 Å². The second-order valence-corrected chi connectivity index (χ2v) is 9.87. The highest BCUT2D eigenvalue weighted by molar-refractivity contribution is 7.98. The number of amides is 2. The van der Waals surface area contributed by atoms with Crippen molar-refractivity contribution in [1.29, 1.82) is 0 Å². The zero-order chi connectivity index (χ0) is 24.1. The molecule has 1 saturated carbocycles. The largest absolute Gasteiger partial charge is 0.480 e. The Labute approximate surface area is 203 Å². The van der Waals surface area contributed by atoms with Crippen LogP contribution in [0.4, 0.5) is 4.79 Å². The minimum Gasteiger partial charge on any atom is -0.480 e. The Morgan fingerprint density at radius 1 is 1.00 bits per heavy atom. The summed E-state index contributed by atoms with van der Waals surface area (Å²) in [5.74, 6) is -0.629. The molecule has 0 aromatic heterocycles. The Hall–Kier alpha value is -3.00. The van der Waals surface area contributed by atoms with Gasteiger partial charge in [0, 0.05) is 5.92 Å². The highest BCUT2D eigenvalue weighted by Gasteiger charge is 2.33. The van der Waals surface area contributed by atoms with Crippen LogP contribution in [0.5, 0.6) is 0 Å². The van der Waals surface area contributed by atoms with Gasteiger partial charge in [-0.25, -0.2) is 9.59 Å². The Bertz CT molecular complexity index is 1010. The molecule has 4 rings (SSSR count). The van der Waals surface area contributed by atoms with Crippen molar-refractivity contribution < 1.29 is 24.2 Å².